The van der Waals surface area contributed by atoms with Crippen LogP contribution in [0.15, 0.2) is 22.7 Å². The first-order valence-corrected chi connectivity index (χ1v) is 7.52. The molecule has 21 heavy (non-hydrogen) atoms. The highest BCUT2D eigenvalue weighted by Gasteiger charge is 2.20. The number of anilines is 1. The predicted molar refractivity (Wildman–Crippen MR) is 81.5 cm³/mol. The number of rotatable bonds is 4. The zero-order chi connectivity index (χ0) is 14.8. The zero-order valence-electron chi connectivity index (χ0n) is 12.7. The lowest BCUT2D eigenvalue weighted by Gasteiger charge is -2.28. The smallest absolute Gasteiger partial charge is 0.240 e. The minimum Gasteiger partial charge on any atom is -0.398 e. The van der Waals surface area contributed by atoms with Crippen molar-refractivity contribution in [2.75, 3.05) is 12.3 Å². The third kappa shape index (κ3) is 3.24. The number of hydrogen-bond acceptors (Lipinski definition) is 5. The second-order valence-corrected chi connectivity index (χ2v) is 6.15. The van der Waals surface area contributed by atoms with Gasteiger partial charge in [0.05, 0.1) is 6.54 Å². The quantitative estimate of drug-likeness (QED) is 0.874. The van der Waals surface area contributed by atoms with Gasteiger partial charge in [0.25, 0.3) is 0 Å². The maximum Gasteiger partial charge on any atom is 0.240 e. The molecule has 2 aromatic rings. The van der Waals surface area contributed by atoms with Crippen LogP contribution in [0.25, 0.3) is 0 Å². The van der Waals surface area contributed by atoms with Crippen LogP contribution in [0.2, 0.25) is 0 Å². The van der Waals surface area contributed by atoms with Crippen LogP contribution in [0.4, 0.5) is 5.69 Å². The molecule has 1 aliphatic heterocycles. The standard InChI is InChI=1S/C16H22N4O/c1-11(2)8-15-18-16(21-19-15)10-20-7-6-13-12(9-20)4-3-5-14(13)17/h3-5,11H,6-10,17H2,1-2H3. The molecule has 0 fully saturated rings. The Morgan fingerprint density at radius 3 is 3.05 bits per heavy atom. The van der Waals surface area contributed by atoms with E-state index >= 15 is 0 Å². The Balaban J connectivity index is 1.66. The summed E-state index contributed by atoms with van der Waals surface area (Å²) in [7, 11) is 0. The molecule has 0 unspecified atom stereocenters. The van der Waals surface area contributed by atoms with E-state index in [2.05, 4.69) is 35.0 Å². The summed E-state index contributed by atoms with van der Waals surface area (Å²) in [5, 5.41) is 4.05. The molecule has 1 aliphatic rings. The van der Waals surface area contributed by atoms with Crippen LogP contribution in [-0.4, -0.2) is 21.6 Å². The first-order chi connectivity index (χ1) is 10.1. The number of nitrogens with zero attached hydrogens (tertiary/aromatic N) is 3. The van der Waals surface area contributed by atoms with Crippen molar-refractivity contribution < 1.29 is 4.52 Å². The minimum atomic E-state index is 0.542. The Morgan fingerprint density at radius 2 is 2.24 bits per heavy atom. The molecule has 5 heteroatoms. The van der Waals surface area contributed by atoms with Crippen LogP contribution in [0.1, 0.15) is 36.7 Å². The summed E-state index contributed by atoms with van der Waals surface area (Å²) < 4.78 is 5.35. The maximum absolute atomic E-state index is 6.03. The van der Waals surface area contributed by atoms with Crippen molar-refractivity contribution in [2.45, 2.75) is 39.8 Å². The van der Waals surface area contributed by atoms with Gasteiger partial charge in [0.2, 0.25) is 5.89 Å². The fourth-order valence-corrected chi connectivity index (χ4v) is 2.83. The predicted octanol–water partition coefficient (Wildman–Crippen LogP) is 2.41. The van der Waals surface area contributed by atoms with E-state index in [4.69, 9.17) is 10.3 Å². The molecule has 0 saturated heterocycles. The number of fused-ring (bicyclic) bond motifs is 1. The van der Waals surface area contributed by atoms with Gasteiger partial charge in [0.1, 0.15) is 0 Å². The second-order valence-electron chi connectivity index (χ2n) is 6.15. The van der Waals surface area contributed by atoms with Crippen molar-refractivity contribution in [3.8, 4) is 0 Å². The van der Waals surface area contributed by atoms with Gasteiger partial charge in [-0.25, -0.2) is 0 Å². The van der Waals surface area contributed by atoms with Gasteiger partial charge in [-0.1, -0.05) is 31.1 Å². The van der Waals surface area contributed by atoms with Gasteiger partial charge in [0, 0.05) is 25.2 Å². The van der Waals surface area contributed by atoms with E-state index in [1.54, 1.807) is 0 Å². The summed E-state index contributed by atoms with van der Waals surface area (Å²) in [6.45, 7) is 6.88. The van der Waals surface area contributed by atoms with E-state index in [0.29, 0.717) is 18.4 Å². The van der Waals surface area contributed by atoms with E-state index < -0.39 is 0 Å². The van der Waals surface area contributed by atoms with E-state index in [1.165, 1.54) is 11.1 Å². The summed E-state index contributed by atoms with van der Waals surface area (Å²) in [5.41, 5.74) is 9.54. The monoisotopic (exact) mass is 286 g/mol. The minimum absolute atomic E-state index is 0.542. The molecule has 0 aliphatic carbocycles. The van der Waals surface area contributed by atoms with Crippen LogP contribution in [0.3, 0.4) is 0 Å². The van der Waals surface area contributed by atoms with E-state index in [1.807, 2.05) is 12.1 Å². The number of aromatic nitrogens is 2. The van der Waals surface area contributed by atoms with E-state index in [-0.39, 0.29) is 0 Å². The SMILES string of the molecule is CC(C)Cc1noc(CN2CCc3c(N)cccc3C2)n1. The Bertz CT molecular complexity index is 620. The highest BCUT2D eigenvalue weighted by Crippen LogP contribution is 2.24. The Morgan fingerprint density at radius 1 is 1.38 bits per heavy atom. The van der Waals surface area contributed by atoms with Gasteiger partial charge in [-0.05, 0) is 29.5 Å². The Labute approximate surface area is 125 Å². The number of nitrogens with two attached hydrogens (primary N) is 1. The highest BCUT2D eigenvalue weighted by atomic mass is 16.5. The average Bonchev–Trinajstić information content (AvgIpc) is 2.85. The average molecular weight is 286 g/mol. The van der Waals surface area contributed by atoms with E-state index in [9.17, 15) is 0 Å². The molecule has 2 N–H and O–H groups in total. The lowest BCUT2D eigenvalue weighted by molar-refractivity contribution is 0.210. The van der Waals surface area contributed by atoms with Crippen molar-refractivity contribution in [2.24, 2.45) is 5.92 Å². The molecule has 112 valence electrons. The molecular formula is C16H22N4O. The zero-order valence-corrected chi connectivity index (χ0v) is 12.7. The summed E-state index contributed by atoms with van der Waals surface area (Å²) in [6.07, 6.45) is 1.85. The molecule has 0 amide bonds. The van der Waals surface area contributed by atoms with Crippen LogP contribution in [-0.2, 0) is 25.9 Å². The van der Waals surface area contributed by atoms with Crippen molar-refractivity contribution >= 4 is 5.69 Å². The summed E-state index contributed by atoms with van der Waals surface area (Å²) >= 11 is 0. The number of hydrogen-bond donors (Lipinski definition) is 1. The summed E-state index contributed by atoms with van der Waals surface area (Å²) in [5.74, 6) is 2.06. The molecule has 5 nitrogen and oxygen atoms in total. The van der Waals surface area contributed by atoms with Gasteiger partial charge >= 0.3 is 0 Å². The third-order valence-corrected chi connectivity index (χ3v) is 3.84. The van der Waals surface area contributed by atoms with Crippen LogP contribution >= 0.6 is 0 Å². The highest BCUT2D eigenvalue weighted by molar-refractivity contribution is 5.51. The van der Waals surface area contributed by atoms with Crippen molar-refractivity contribution in [3.05, 3.63) is 41.0 Å². The maximum atomic E-state index is 6.03. The normalized spacial score (nSPS) is 15.4. The first-order valence-electron chi connectivity index (χ1n) is 7.52. The van der Waals surface area contributed by atoms with Gasteiger partial charge in [-0.15, -0.1) is 0 Å². The molecular weight excluding hydrogens is 264 g/mol. The molecule has 3 rings (SSSR count). The molecule has 1 aromatic heterocycles. The summed E-state index contributed by atoms with van der Waals surface area (Å²) in [4.78, 5) is 6.80. The van der Waals surface area contributed by atoms with Gasteiger partial charge in [0.15, 0.2) is 5.82 Å². The fraction of sp³-hybridized carbons (Fsp3) is 0.500. The largest absolute Gasteiger partial charge is 0.398 e. The van der Waals surface area contributed by atoms with Crippen LogP contribution in [0, 0.1) is 5.92 Å². The van der Waals surface area contributed by atoms with Crippen molar-refractivity contribution in [3.63, 3.8) is 0 Å². The van der Waals surface area contributed by atoms with Crippen LogP contribution in [0.5, 0.6) is 0 Å². The van der Waals surface area contributed by atoms with Gasteiger partial charge in [-0.3, -0.25) is 4.90 Å². The topological polar surface area (TPSA) is 68.2 Å². The van der Waals surface area contributed by atoms with Crippen molar-refractivity contribution in [1.82, 2.24) is 15.0 Å². The molecule has 0 radical (unpaired) electrons. The molecule has 1 aromatic carbocycles. The molecule has 0 atom stereocenters. The molecule has 0 saturated carbocycles. The van der Waals surface area contributed by atoms with Crippen LogP contribution < -0.4 is 5.73 Å². The Hall–Kier alpha value is -1.88. The number of nitrogen functional groups attached to an aromatic ring is 1. The summed E-state index contributed by atoms with van der Waals surface area (Å²) in [6, 6.07) is 6.14. The van der Waals surface area contributed by atoms with Gasteiger partial charge < -0.3 is 10.3 Å². The number of benzene rings is 1. The Kier molecular flexibility index (Phi) is 3.92. The molecule has 0 bridgehead atoms. The lowest BCUT2D eigenvalue weighted by atomic mass is 9.98. The fourth-order valence-electron chi connectivity index (χ4n) is 2.83. The first kappa shape index (κ1) is 14.1. The van der Waals surface area contributed by atoms with E-state index in [0.717, 1.165) is 37.4 Å². The lowest BCUT2D eigenvalue weighted by Crippen LogP contribution is -2.30. The van der Waals surface area contributed by atoms with Gasteiger partial charge in [-0.2, -0.15) is 4.98 Å². The third-order valence-electron chi connectivity index (χ3n) is 3.84. The second kappa shape index (κ2) is 5.85. The molecule has 2 heterocycles. The van der Waals surface area contributed by atoms with Crippen molar-refractivity contribution in [1.29, 1.82) is 0 Å². The molecule has 0 spiro atoms.